The van der Waals surface area contributed by atoms with Crippen LogP contribution in [0.15, 0.2) is 40.8 Å². The van der Waals surface area contributed by atoms with E-state index < -0.39 is 0 Å². The maximum atomic E-state index is 5.69. The van der Waals surface area contributed by atoms with Crippen molar-refractivity contribution in [2.75, 3.05) is 6.61 Å². The van der Waals surface area contributed by atoms with Gasteiger partial charge in [0.1, 0.15) is 5.03 Å². The lowest BCUT2D eigenvalue weighted by Gasteiger charge is -2.10. The molecule has 0 bridgehead atoms. The zero-order chi connectivity index (χ0) is 17.8. The Balaban J connectivity index is 1.59. The first kappa shape index (κ1) is 17.0. The number of hydrogen-bond acceptors (Lipinski definition) is 8. The molecular weight excluding hydrogens is 350 g/mol. The summed E-state index contributed by atoms with van der Waals surface area (Å²) in [4.78, 5) is 13.4. The van der Waals surface area contributed by atoms with Gasteiger partial charge in [0.25, 0.3) is 0 Å². The van der Waals surface area contributed by atoms with E-state index in [2.05, 4.69) is 37.4 Å². The second kappa shape index (κ2) is 7.88. The van der Waals surface area contributed by atoms with Crippen molar-refractivity contribution < 1.29 is 4.74 Å². The van der Waals surface area contributed by atoms with E-state index in [1.807, 2.05) is 18.2 Å². The standard InChI is InChI=1S/C17H19N7OS/c1-2-13-10-15(20-16(19-13)12-5-7-18-8-6-12)26-17-21-22-23-24(17)11-14-4-3-9-25-14/h5-8,10,14H,2-4,9,11H2,1H3. The molecular formula is C17H19N7OS. The molecule has 134 valence electrons. The summed E-state index contributed by atoms with van der Waals surface area (Å²) in [6, 6.07) is 5.80. The summed E-state index contributed by atoms with van der Waals surface area (Å²) in [5.41, 5.74) is 1.92. The molecule has 1 aliphatic rings. The van der Waals surface area contributed by atoms with Crippen molar-refractivity contribution in [1.29, 1.82) is 0 Å². The van der Waals surface area contributed by atoms with E-state index in [0.717, 1.165) is 42.2 Å². The number of nitrogens with zero attached hydrogens (tertiary/aromatic N) is 7. The van der Waals surface area contributed by atoms with E-state index in [1.54, 1.807) is 17.1 Å². The van der Waals surface area contributed by atoms with Crippen LogP contribution in [-0.4, -0.2) is 47.9 Å². The fraction of sp³-hybridized carbons (Fsp3) is 0.412. The van der Waals surface area contributed by atoms with Gasteiger partial charge in [-0.05, 0) is 59.7 Å². The van der Waals surface area contributed by atoms with Gasteiger partial charge in [-0.2, -0.15) is 0 Å². The van der Waals surface area contributed by atoms with Crippen LogP contribution in [0.4, 0.5) is 0 Å². The Morgan fingerprint density at radius 3 is 2.92 bits per heavy atom. The van der Waals surface area contributed by atoms with Crippen molar-refractivity contribution in [3.05, 3.63) is 36.3 Å². The second-order valence-corrected chi connectivity index (χ2v) is 6.98. The molecule has 1 atom stereocenters. The first-order valence-electron chi connectivity index (χ1n) is 8.66. The average molecular weight is 369 g/mol. The number of ether oxygens (including phenoxy) is 1. The quantitative estimate of drug-likeness (QED) is 0.612. The number of pyridine rings is 1. The minimum absolute atomic E-state index is 0.182. The van der Waals surface area contributed by atoms with Crippen LogP contribution >= 0.6 is 11.8 Å². The van der Waals surface area contributed by atoms with Gasteiger partial charge in [-0.3, -0.25) is 4.98 Å². The molecule has 1 saturated heterocycles. The monoisotopic (exact) mass is 369 g/mol. The third-order valence-corrected chi connectivity index (χ3v) is 5.05. The Morgan fingerprint density at radius 2 is 2.15 bits per heavy atom. The Hall–Kier alpha value is -2.39. The zero-order valence-corrected chi connectivity index (χ0v) is 15.3. The SMILES string of the molecule is CCc1cc(Sc2nnnn2CC2CCCO2)nc(-c2ccncc2)n1. The largest absolute Gasteiger partial charge is 0.376 e. The van der Waals surface area contributed by atoms with Gasteiger partial charge in [-0.15, -0.1) is 5.10 Å². The van der Waals surface area contributed by atoms with Crippen molar-refractivity contribution >= 4 is 11.8 Å². The van der Waals surface area contributed by atoms with Gasteiger partial charge in [-0.25, -0.2) is 14.6 Å². The van der Waals surface area contributed by atoms with E-state index in [9.17, 15) is 0 Å². The summed E-state index contributed by atoms with van der Waals surface area (Å²) in [7, 11) is 0. The number of hydrogen-bond donors (Lipinski definition) is 0. The molecule has 0 spiro atoms. The van der Waals surface area contributed by atoms with E-state index in [-0.39, 0.29) is 6.10 Å². The molecule has 0 amide bonds. The topological polar surface area (TPSA) is 91.5 Å². The molecule has 0 N–H and O–H groups in total. The van der Waals surface area contributed by atoms with Gasteiger partial charge in [0.15, 0.2) is 5.82 Å². The number of aryl methyl sites for hydroxylation is 1. The van der Waals surface area contributed by atoms with Crippen LogP contribution in [0.1, 0.15) is 25.5 Å². The van der Waals surface area contributed by atoms with E-state index >= 15 is 0 Å². The highest BCUT2D eigenvalue weighted by molar-refractivity contribution is 7.99. The number of rotatable bonds is 6. The summed E-state index contributed by atoms with van der Waals surface area (Å²) in [6.07, 6.45) is 6.63. The molecule has 0 saturated carbocycles. The summed E-state index contributed by atoms with van der Waals surface area (Å²) >= 11 is 1.45. The molecule has 4 rings (SSSR count). The first-order chi connectivity index (χ1) is 12.8. The van der Waals surface area contributed by atoms with Crippen molar-refractivity contribution in [2.24, 2.45) is 0 Å². The third kappa shape index (κ3) is 3.88. The maximum Gasteiger partial charge on any atom is 0.215 e. The van der Waals surface area contributed by atoms with E-state index in [0.29, 0.717) is 17.5 Å². The minimum Gasteiger partial charge on any atom is -0.376 e. The highest BCUT2D eigenvalue weighted by Gasteiger charge is 2.19. The van der Waals surface area contributed by atoms with Gasteiger partial charge >= 0.3 is 0 Å². The predicted molar refractivity (Wildman–Crippen MR) is 95.6 cm³/mol. The van der Waals surface area contributed by atoms with Crippen LogP contribution in [0.2, 0.25) is 0 Å². The van der Waals surface area contributed by atoms with Gasteiger partial charge in [0, 0.05) is 30.3 Å². The molecule has 1 unspecified atom stereocenters. The highest BCUT2D eigenvalue weighted by Crippen LogP contribution is 2.27. The molecule has 9 heteroatoms. The minimum atomic E-state index is 0.182. The van der Waals surface area contributed by atoms with Gasteiger partial charge in [-0.1, -0.05) is 6.92 Å². The Kier molecular flexibility index (Phi) is 5.16. The smallest absolute Gasteiger partial charge is 0.215 e. The van der Waals surface area contributed by atoms with E-state index in [4.69, 9.17) is 4.74 Å². The molecule has 0 radical (unpaired) electrons. The lowest BCUT2D eigenvalue weighted by Crippen LogP contribution is -2.16. The molecule has 3 aromatic heterocycles. The van der Waals surface area contributed by atoms with Crippen LogP contribution in [-0.2, 0) is 17.7 Å². The highest BCUT2D eigenvalue weighted by atomic mass is 32.2. The van der Waals surface area contributed by atoms with Gasteiger partial charge < -0.3 is 4.74 Å². The van der Waals surface area contributed by atoms with Crippen molar-refractivity contribution in [2.45, 2.75) is 49.0 Å². The predicted octanol–water partition coefficient (Wildman–Crippen LogP) is 2.42. The lowest BCUT2D eigenvalue weighted by molar-refractivity contribution is 0.0912. The number of aromatic nitrogens is 7. The molecule has 26 heavy (non-hydrogen) atoms. The Morgan fingerprint density at radius 1 is 1.27 bits per heavy atom. The fourth-order valence-corrected chi connectivity index (χ4v) is 3.60. The van der Waals surface area contributed by atoms with E-state index in [1.165, 1.54) is 11.8 Å². The summed E-state index contributed by atoms with van der Waals surface area (Å²) in [5.74, 6) is 0.687. The van der Waals surface area contributed by atoms with Crippen molar-refractivity contribution in [3.8, 4) is 11.4 Å². The molecule has 4 heterocycles. The van der Waals surface area contributed by atoms with Crippen LogP contribution < -0.4 is 0 Å². The van der Waals surface area contributed by atoms with Crippen LogP contribution in [0.3, 0.4) is 0 Å². The Labute approximate surface area is 155 Å². The lowest BCUT2D eigenvalue weighted by atomic mass is 10.2. The number of tetrazole rings is 1. The molecule has 1 fully saturated rings. The van der Waals surface area contributed by atoms with Gasteiger partial charge in [0.05, 0.1) is 12.6 Å². The summed E-state index contributed by atoms with van der Waals surface area (Å²) in [6.45, 7) is 3.56. The second-order valence-electron chi connectivity index (χ2n) is 5.99. The average Bonchev–Trinajstić information content (AvgIpc) is 3.35. The Bertz CT molecular complexity index is 865. The van der Waals surface area contributed by atoms with Crippen LogP contribution in [0.5, 0.6) is 0 Å². The maximum absolute atomic E-state index is 5.69. The van der Waals surface area contributed by atoms with Crippen LogP contribution in [0, 0.1) is 0 Å². The fourth-order valence-electron chi connectivity index (χ4n) is 2.79. The molecule has 3 aromatic rings. The molecule has 0 aliphatic carbocycles. The molecule has 1 aliphatic heterocycles. The molecule has 0 aromatic carbocycles. The third-order valence-electron chi connectivity index (χ3n) is 4.15. The molecule has 8 nitrogen and oxygen atoms in total. The van der Waals surface area contributed by atoms with Crippen molar-refractivity contribution in [3.63, 3.8) is 0 Å². The van der Waals surface area contributed by atoms with Crippen molar-refractivity contribution in [1.82, 2.24) is 35.2 Å². The zero-order valence-electron chi connectivity index (χ0n) is 14.4. The first-order valence-corrected chi connectivity index (χ1v) is 9.47. The van der Waals surface area contributed by atoms with Crippen LogP contribution in [0.25, 0.3) is 11.4 Å². The summed E-state index contributed by atoms with van der Waals surface area (Å²) < 4.78 is 7.48. The van der Waals surface area contributed by atoms with Gasteiger partial charge in [0.2, 0.25) is 5.16 Å². The summed E-state index contributed by atoms with van der Waals surface area (Å²) in [5, 5.41) is 13.6. The normalized spacial score (nSPS) is 16.9.